The number of para-hydroxylation sites is 1. The van der Waals surface area contributed by atoms with Crippen LogP contribution in [0, 0.1) is 25.7 Å². The average molecular weight is 577 g/mol. The average Bonchev–Trinajstić information content (AvgIpc) is 3.16. The molecule has 43 heavy (non-hydrogen) atoms. The van der Waals surface area contributed by atoms with Gasteiger partial charge >= 0.3 is 0 Å². The summed E-state index contributed by atoms with van der Waals surface area (Å²) in [5.41, 5.74) is 10.3. The van der Waals surface area contributed by atoms with Gasteiger partial charge in [0.05, 0.1) is 23.6 Å². The minimum absolute atomic E-state index is 0.134. The SMILES string of the molecule is Cc1nn2ccn(CC#Cc3nccc(N4CCN(c5cc(-c6ccccc6O)nnc5N)CC[C@H]4C)n3)c(=O)c2c1C. The number of aryl methyl sites for hydroxylation is 2. The molecule has 3 N–H and O–H groups in total. The lowest BCUT2D eigenvalue weighted by Gasteiger charge is -2.28. The second kappa shape index (κ2) is 11.4. The van der Waals surface area contributed by atoms with E-state index in [0.29, 0.717) is 41.5 Å². The van der Waals surface area contributed by atoms with E-state index in [1.54, 1.807) is 45.9 Å². The van der Waals surface area contributed by atoms with Gasteiger partial charge in [0.15, 0.2) is 5.82 Å². The summed E-state index contributed by atoms with van der Waals surface area (Å²) < 4.78 is 3.18. The van der Waals surface area contributed by atoms with Gasteiger partial charge in [0.1, 0.15) is 17.1 Å². The van der Waals surface area contributed by atoms with E-state index in [0.717, 1.165) is 35.7 Å². The minimum atomic E-state index is -0.134. The lowest BCUT2D eigenvalue weighted by atomic mass is 10.1. The van der Waals surface area contributed by atoms with Crippen LogP contribution in [0.3, 0.4) is 0 Å². The molecule has 1 aromatic carbocycles. The molecule has 0 spiro atoms. The van der Waals surface area contributed by atoms with Crippen molar-refractivity contribution in [1.82, 2.24) is 34.3 Å². The summed E-state index contributed by atoms with van der Waals surface area (Å²) in [6, 6.07) is 11.0. The number of aromatic nitrogens is 7. The maximum absolute atomic E-state index is 13.0. The predicted molar refractivity (Wildman–Crippen MR) is 165 cm³/mol. The molecule has 5 aromatic rings. The highest BCUT2D eigenvalue weighted by molar-refractivity contribution is 5.74. The van der Waals surface area contributed by atoms with E-state index >= 15 is 0 Å². The Bertz CT molecular complexity index is 1940. The van der Waals surface area contributed by atoms with Crippen molar-refractivity contribution in [3.8, 4) is 28.8 Å². The maximum Gasteiger partial charge on any atom is 0.277 e. The van der Waals surface area contributed by atoms with Crippen molar-refractivity contribution >= 4 is 22.8 Å². The first-order valence-electron chi connectivity index (χ1n) is 14.1. The van der Waals surface area contributed by atoms with Crippen molar-refractivity contribution in [3.05, 3.63) is 82.4 Å². The van der Waals surface area contributed by atoms with Crippen LogP contribution in [0.1, 0.15) is 30.4 Å². The van der Waals surface area contributed by atoms with E-state index in [1.807, 2.05) is 32.0 Å². The number of anilines is 3. The fourth-order valence-electron chi connectivity index (χ4n) is 5.35. The third kappa shape index (κ3) is 5.44. The normalized spacial score (nSPS) is 15.3. The third-order valence-electron chi connectivity index (χ3n) is 7.90. The lowest BCUT2D eigenvalue weighted by Crippen LogP contribution is -2.35. The molecule has 1 saturated heterocycles. The van der Waals surface area contributed by atoms with Crippen LogP contribution >= 0.6 is 0 Å². The highest BCUT2D eigenvalue weighted by atomic mass is 16.3. The number of nitrogen functional groups attached to an aromatic ring is 1. The number of phenolic OH excluding ortho intramolecular Hbond substituents is 1. The quantitative estimate of drug-likeness (QED) is 0.307. The number of nitrogens with zero attached hydrogens (tertiary/aromatic N) is 9. The molecule has 0 amide bonds. The third-order valence-corrected chi connectivity index (χ3v) is 7.90. The fraction of sp³-hybridized carbons (Fsp3) is 0.290. The molecule has 5 heterocycles. The Labute approximate surface area is 248 Å². The Morgan fingerprint density at radius 3 is 2.77 bits per heavy atom. The highest BCUT2D eigenvalue weighted by Gasteiger charge is 2.24. The molecule has 0 aliphatic carbocycles. The van der Waals surface area contributed by atoms with Crippen LogP contribution in [0.5, 0.6) is 5.75 Å². The second-order valence-corrected chi connectivity index (χ2v) is 10.6. The van der Waals surface area contributed by atoms with Gasteiger partial charge in [-0.05, 0) is 57.4 Å². The molecule has 0 unspecified atom stereocenters. The highest BCUT2D eigenvalue weighted by Crippen LogP contribution is 2.32. The van der Waals surface area contributed by atoms with Crippen molar-refractivity contribution in [2.45, 2.75) is 39.8 Å². The number of nitrogens with two attached hydrogens (primary N) is 1. The Morgan fingerprint density at radius 2 is 1.93 bits per heavy atom. The molecule has 4 aromatic heterocycles. The standard InChI is InChI=1S/C31H32N10O2/c1-20-11-14-38(25-19-24(35-36-30(25)32)23-7-4-5-8-26(23)42)15-17-40(20)28-10-12-33-27(34-28)9-6-13-39-16-18-41-29(31(39)43)21(2)22(3)37-41/h4-5,7-8,10,12,16,18-20,42H,11,13-15,17H2,1-3H3,(H2,32,36)/t20-/m1/s1. The van der Waals surface area contributed by atoms with E-state index in [4.69, 9.17) is 10.7 Å². The zero-order chi connectivity index (χ0) is 30.1. The second-order valence-electron chi connectivity index (χ2n) is 10.6. The van der Waals surface area contributed by atoms with Gasteiger partial charge < -0.3 is 25.2 Å². The van der Waals surface area contributed by atoms with Crippen LogP contribution in [-0.4, -0.2) is 65.1 Å². The smallest absolute Gasteiger partial charge is 0.277 e. The van der Waals surface area contributed by atoms with Crippen molar-refractivity contribution in [3.63, 3.8) is 0 Å². The van der Waals surface area contributed by atoms with Crippen LogP contribution in [0.4, 0.5) is 17.3 Å². The Balaban J connectivity index is 1.19. The summed E-state index contributed by atoms with van der Waals surface area (Å²) in [6.07, 6.45) is 6.02. The summed E-state index contributed by atoms with van der Waals surface area (Å²) >= 11 is 0. The topological polar surface area (TPSA) is 144 Å². The van der Waals surface area contributed by atoms with Gasteiger partial charge in [-0.25, -0.2) is 14.5 Å². The van der Waals surface area contributed by atoms with Crippen LogP contribution in [0.2, 0.25) is 0 Å². The first kappa shape index (κ1) is 27.7. The molecule has 1 fully saturated rings. The summed E-state index contributed by atoms with van der Waals surface area (Å²) in [6.45, 7) is 8.31. The summed E-state index contributed by atoms with van der Waals surface area (Å²) in [5, 5.41) is 23.1. The molecular formula is C31H32N10O2. The summed E-state index contributed by atoms with van der Waals surface area (Å²) in [4.78, 5) is 26.5. The molecule has 6 rings (SSSR count). The van der Waals surface area contributed by atoms with E-state index < -0.39 is 0 Å². The fourth-order valence-corrected chi connectivity index (χ4v) is 5.35. The van der Waals surface area contributed by atoms with Crippen molar-refractivity contribution in [2.24, 2.45) is 0 Å². The Kier molecular flexibility index (Phi) is 7.38. The first-order valence-corrected chi connectivity index (χ1v) is 14.1. The number of aromatic hydroxyl groups is 1. The van der Waals surface area contributed by atoms with E-state index in [2.05, 4.69) is 48.8 Å². The van der Waals surface area contributed by atoms with Gasteiger partial charge in [0, 0.05) is 55.4 Å². The van der Waals surface area contributed by atoms with Crippen LogP contribution < -0.4 is 21.1 Å². The number of phenols is 1. The first-order chi connectivity index (χ1) is 20.8. The largest absolute Gasteiger partial charge is 0.507 e. The van der Waals surface area contributed by atoms with Crippen LogP contribution in [0.25, 0.3) is 16.8 Å². The number of rotatable bonds is 4. The van der Waals surface area contributed by atoms with E-state index in [-0.39, 0.29) is 23.9 Å². The summed E-state index contributed by atoms with van der Waals surface area (Å²) in [5.74, 6) is 7.74. The van der Waals surface area contributed by atoms with Crippen LogP contribution in [-0.2, 0) is 6.54 Å². The van der Waals surface area contributed by atoms with Crippen LogP contribution in [0.15, 0.2) is 59.8 Å². The molecule has 1 aliphatic rings. The minimum Gasteiger partial charge on any atom is -0.507 e. The molecule has 12 nitrogen and oxygen atoms in total. The maximum atomic E-state index is 13.0. The van der Waals surface area contributed by atoms with Gasteiger partial charge in [-0.1, -0.05) is 18.1 Å². The van der Waals surface area contributed by atoms with Crippen molar-refractivity contribution in [1.29, 1.82) is 0 Å². The monoisotopic (exact) mass is 576 g/mol. The van der Waals surface area contributed by atoms with E-state index in [1.165, 1.54) is 0 Å². The van der Waals surface area contributed by atoms with E-state index in [9.17, 15) is 9.90 Å². The van der Waals surface area contributed by atoms with Crippen molar-refractivity contribution in [2.75, 3.05) is 35.2 Å². The molecule has 1 atom stereocenters. The summed E-state index contributed by atoms with van der Waals surface area (Å²) in [7, 11) is 0. The number of hydrogen-bond acceptors (Lipinski definition) is 10. The number of benzene rings is 1. The lowest BCUT2D eigenvalue weighted by molar-refractivity contribution is 0.477. The molecular weight excluding hydrogens is 544 g/mol. The molecule has 218 valence electrons. The molecule has 0 radical (unpaired) electrons. The zero-order valence-electron chi connectivity index (χ0n) is 24.3. The Morgan fingerprint density at radius 1 is 1.09 bits per heavy atom. The van der Waals surface area contributed by atoms with Crippen molar-refractivity contribution < 1.29 is 5.11 Å². The van der Waals surface area contributed by atoms with Gasteiger partial charge in [-0.2, -0.15) is 5.10 Å². The van der Waals surface area contributed by atoms with Gasteiger partial charge in [-0.15, -0.1) is 10.2 Å². The number of hydrogen-bond donors (Lipinski definition) is 2. The number of fused-ring (bicyclic) bond motifs is 1. The Hall–Kier alpha value is -5.44. The molecule has 0 bridgehead atoms. The zero-order valence-corrected chi connectivity index (χ0v) is 24.3. The van der Waals surface area contributed by atoms with Gasteiger partial charge in [-0.3, -0.25) is 4.79 Å². The van der Waals surface area contributed by atoms with Gasteiger partial charge in [0.25, 0.3) is 5.56 Å². The van der Waals surface area contributed by atoms with Gasteiger partial charge in [0.2, 0.25) is 5.82 Å². The molecule has 12 heteroatoms. The molecule has 1 aliphatic heterocycles. The molecule has 0 saturated carbocycles. The predicted octanol–water partition coefficient (Wildman–Crippen LogP) is 2.80.